The van der Waals surface area contributed by atoms with Gasteiger partial charge in [-0.15, -0.1) is 0 Å². The highest BCUT2D eigenvalue weighted by atomic mass is 19.1. The number of hydrogen-bond acceptors (Lipinski definition) is 5. The van der Waals surface area contributed by atoms with Crippen LogP contribution in [0.5, 0.6) is 5.75 Å². The van der Waals surface area contributed by atoms with Crippen LogP contribution in [-0.2, 0) is 20.9 Å². The zero-order valence-corrected chi connectivity index (χ0v) is 14.1. The van der Waals surface area contributed by atoms with Gasteiger partial charge >= 0.3 is 17.8 Å². The molecule has 2 rings (SSSR count). The summed E-state index contributed by atoms with van der Waals surface area (Å²) in [6.45, 7) is 1.55. The molecule has 0 aromatic heterocycles. The fourth-order valence-corrected chi connectivity index (χ4v) is 2.39. The quantitative estimate of drug-likeness (QED) is 0.553. The Hall–Kier alpha value is -2.97. The Labute approximate surface area is 143 Å². The molecule has 25 heavy (non-hydrogen) atoms. The number of carbonyl (C=O) groups excluding carboxylic acids is 4. The van der Waals surface area contributed by atoms with Gasteiger partial charge in [-0.25, -0.2) is 14.1 Å². The Morgan fingerprint density at radius 1 is 1.24 bits per heavy atom. The molecule has 0 aliphatic carbocycles. The van der Waals surface area contributed by atoms with E-state index < -0.39 is 36.1 Å². The molecular formula is C16H18FN3O5. The molecule has 0 atom stereocenters. The summed E-state index contributed by atoms with van der Waals surface area (Å²) in [6, 6.07) is 3.47. The van der Waals surface area contributed by atoms with E-state index in [0.29, 0.717) is 15.4 Å². The van der Waals surface area contributed by atoms with E-state index in [1.54, 1.807) is 13.0 Å². The van der Waals surface area contributed by atoms with Crippen LogP contribution >= 0.6 is 0 Å². The molecule has 0 saturated carbocycles. The van der Waals surface area contributed by atoms with E-state index in [1.165, 1.54) is 31.2 Å². The summed E-state index contributed by atoms with van der Waals surface area (Å²) in [4.78, 5) is 50.0. The summed E-state index contributed by atoms with van der Waals surface area (Å²) >= 11 is 0. The number of benzene rings is 1. The van der Waals surface area contributed by atoms with Gasteiger partial charge < -0.3 is 9.64 Å². The monoisotopic (exact) mass is 351 g/mol. The fourth-order valence-electron chi connectivity index (χ4n) is 2.39. The first kappa shape index (κ1) is 18.4. The Morgan fingerprint density at radius 2 is 1.92 bits per heavy atom. The summed E-state index contributed by atoms with van der Waals surface area (Å²) in [5, 5.41) is 0. The molecule has 0 unspecified atom stereocenters. The number of nitrogens with zero attached hydrogens (tertiary/aromatic N) is 3. The van der Waals surface area contributed by atoms with Crippen molar-refractivity contribution in [2.75, 3.05) is 27.2 Å². The van der Waals surface area contributed by atoms with Gasteiger partial charge in [0, 0.05) is 20.1 Å². The van der Waals surface area contributed by atoms with Crippen LogP contribution in [0, 0.1) is 5.82 Å². The third-order valence-electron chi connectivity index (χ3n) is 3.87. The molecular weight excluding hydrogens is 333 g/mol. The molecule has 1 aliphatic rings. The molecule has 8 nitrogen and oxygen atoms in total. The minimum absolute atomic E-state index is 0.0907. The molecule has 0 N–H and O–H groups in total. The maximum Gasteiger partial charge on any atom is 0.334 e. The Morgan fingerprint density at radius 3 is 2.40 bits per heavy atom. The highest BCUT2D eigenvalue weighted by Crippen LogP contribution is 2.19. The van der Waals surface area contributed by atoms with Gasteiger partial charge in [-0.2, -0.15) is 0 Å². The lowest BCUT2D eigenvalue weighted by atomic mass is 10.2. The zero-order valence-electron chi connectivity index (χ0n) is 14.1. The Kier molecular flexibility index (Phi) is 5.35. The number of carbonyl (C=O) groups is 4. The van der Waals surface area contributed by atoms with Gasteiger partial charge in [0.15, 0.2) is 11.6 Å². The summed E-state index contributed by atoms with van der Waals surface area (Å²) in [7, 11) is 2.52. The van der Waals surface area contributed by atoms with Gasteiger partial charge in [0.1, 0.15) is 6.54 Å². The van der Waals surface area contributed by atoms with Crippen molar-refractivity contribution in [2.45, 2.75) is 13.5 Å². The average Bonchev–Trinajstić information content (AvgIpc) is 2.77. The van der Waals surface area contributed by atoms with Crippen molar-refractivity contribution in [3.05, 3.63) is 29.6 Å². The number of urea groups is 1. The van der Waals surface area contributed by atoms with E-state index in [1.807, 2.05) is 0 Å². The van der Waals surface area contributed by atoms with Crippen molar-refractivity contribution in [1.29, 1.82) is 0 Å². The molecule has 0 spiro atoms. The molecule has 0 bridgehead atoms. The van der Waals surface area contributed by atoms with Crippen molar-refractivity contribution in [2.24, 2.45) is 0 Å². The third kappa shape index (κ3) is 3.59. The lowest BCUT2D eigenvalue weighted by molar-refractivity contribution is -0.144. The lowest BCUT2D eigenvalue weighted by Crippen LogP contribution is -2.43. The third-order valence-corrected chi connectivity index (χ3v) is 3.87. The molecule has 1 aromatic carbocycles. The summed E-state index contributed by atoms with van der Waals surface area (Å²) in [5.41, 5.74) is 0.528. The van der Waals surface area contributed by atoms with Crippen LogP contribution in [0.1, 0.15) is 12.5 Å². The second-order valence-electron chi connectivity index (χ2n) is 5.41. The number of rotatable bonds is 6. The van der Waals surface area contributed by atoms with Crippen LogP contribution < -0.4 is 4.74 Å². The maximum absolute atomic E-state index is 13.8. The first-order valence-electron chi connectivity index (χ1n) is 7.53. The van der Waals surface area contributed by atoms with E-state index >= 15 is 0 Å². The van der Waals surface area contributed by atoms with E-state index in [0.717, 1.165) is 0 Å². The largest absolute Gasteiger partial charge is 0.494 e. The maximum atomic E-state index is 13.8. The molecule has 5 amide bonds. The van der Waals surface area contributed by atoms with Crippen molar-refractivity contribution in [1.82, 2.24) is 14.7 Å². The average molecular weight is 351 g/mol. The van der Waals surface area contributed by atoms with Crippen molar-refractivity contribution in [3.63, 3.8) is 0 Å². The first-order chi connectivity index (χ1) is 11.8. The van der Waals surface area contributed by atoms with Crippen LogP contribution in [0.4, 0.5) is 9.18 Å². The number of imide groups is 2. The molecule has 134 valence electrons. The van der Waals surface area contributed by atoms with Crippen LogP contribution in [0.3, 0.4) is 0 Å². The van der Waals surface area contributed by atoms with Crippen LogP contribution in [0.25, 0.3) is 0 Å². The SMILES string of the molecule is CCN(Cc1ccc(OC)c(F)c1)C(=O)CN1C(=O)C(=O)N(C)C1=O. The topological polar surface area (TPSA) is 87.2 Å². The molecule has 0 radical (unpaired) electrons. The van der Waals surface area contributed by atoms with Crippen LogP contribution in [0.15, 0.2) is 18.2 Å². The van der Waals surface area contributed by atoms with E-state index in [2.05, 4.69) is 0 Å². The highest BCUT2D eigenvalue weighted by molar-refractivity contribution is 6.44. The standard InChI is InChI=1S/C16H18FN3O5/c1-4-19(8-10-5-6-12(25-3)11(17)7-10)13(21)9-20-15(23)14(22)18(2)16(20)24/h5-7H,4,8-9H2,1-3H3. The molecule has 9 heteroatoms. The number of likely N-dealkylation sites (N-methyl/N-ethyl adjacent to an activating group) is 2. The summed E-state index contributed by atoms with van der Waals surface area (Å²) < 4.78 is 18.6. The van der Waals surface area contributed by atoms with E-state index in [9.17, 15) is 23.6 Å². The van der Waals surface area contributed by atoms with Gasteiger partial charge in [-0.3, -0.25) is 19.3 Å². The van der Waals surface area contributed by atoms with Gasteiger partial charge in [0.25, 0.3) is 0 Å². The summed E-state index contributed by atoms with van der Waals surface area (Å²) in [6.07, 6.45) is 0. The minimum atomic E-state index is -1.03. The van der Waals surface area contributed by atoms with E-state index in [-0.39, 0.29) is 18.8 Å². The van der Waals surface area contributed by atoms with Gasteiger partial charge in [-0.1, -0.05) is 6.07 Å². The number of hydrogen-bond donors (Lipinski definition) is 0. The molecule has 1 aliphatic heterocycles. The lowest BCUT2D eigenvalue weighted by Gasteiger charge is -2.23. The Balaban J connectivity index is 2.09. The zero-order chi connectivity index (χ0) is 18.7. The van der Waals surface area contributed by atoms with Gasteiger partial charge in [-0.05, 0) is 24.6 Å². The van der Waals surface area contributed by atoms with Crippen molar-refractivity contribution < 1.29 is 28.3 Å². The number of amides is 5. The molecule has 1 heterocycles. The van der Waals surface area contributed by atoms with Crippen molar-refractivity contribution in [3.8, 4) is 5.75 Å². The van der Waals surface area contributed by atoms with Crippen LogP contribution in [-0.4, -0.2) is 65.7 Å². The van der Waals surface area contributed by atoms with Gasteiger partial charge in [0.05, 0.1) is 7.11 Å². The van der Waals surface area contributed by atoms with Crippen LogP contribution in [0.2, 0.25) is 0 Å². The highest BCUT2D eigenvalue weighted by Gasteiger charge is 2.43. The number of methoxy groups -OCH3 is 1. The van der Waals surface area contributed by atoms with E-state index in [4.69, 9.17) is 4.74 Å². The van der Waals surface area contributed by atoms with Crippen molar-refractivity contribution >= 4 is 23.8 Å². The Bertz CT molecular complexity index is 736. The number of ether oxygens (including phenoxy) is 1. The molecule has 1 saturated heterocycles. The number of halogens is 1. The normalized spacial score (nSPS) is 14.3. The summed E-state index contributed by atoms with van der Waals surface area (Å²) in [5.74, 6) is -3.00. The first-order valence-corrected chi connectivity index (χ1v) is 7.53. The predicted octanol–water partition coefficient (Wildman–Crippen LogP) is 0.603. The fraction of sp³-hybridized carbons (Fsp3) is 0.375. The second kappa shape index (κ2) is 7.29. The smallest absolute Gasteiger partial charge is 0.334 e. The second-order valence-corrected chi connectivity index (χ2v) is 5.41. The minimum Gasteiger partial charge on any atom is -0.494 e. The predicted molar refractivity (Wildman–Crippen MR) is 83.9 cm³/mol. The molecule has 1 aromatic rings. The van der Waals surface area contributed by atoms with Gasteiger partial charge in [0.2, 0.25) is 5.91 Å². The molecule has 1 fully saturated rings.